The van der Waals surface area contributed by atoms with Gasteiger partial charge in [0.1, 0.15) is 0 Å². The van der Waals surface area contributed by atoms with Gasteiger partial charge in [-0.2, -0.15) is 0 Å². The van der Waals surface area contributed by atoms with E-state index < -0.39 is 0 Å². The Morgan fingerprint density at radius 2 is 1.31 bits per heavy atom. The van der Waals surface area contributed by atoms with Gasteiger partial charge in [0.15, 0.2) is 11.6 Å². The van der Waals surface area contributed by atoms with Crippen molar-refractivity contribution < 1.29 is 9.59 Å². The van der Waals surface area contributed by atoms with Gasteiger partial charge >= 0.3 is 0 Å². The number of hydrogen-bond acceptors (Lipinski definition) is 7. The minimum Gasteiger partial charge on any atom is -0.372 e. The number of nitrogens with one attached hydrogen (secondary N) is 4. The highest BCUT2D eigenvalue weighted by atomic mass is 16.1. The normalized spacial score (nSPS) is 19.0. The molecule has 0 atom stereocenters. The summed E-state index contributed by atoms with van der Waals surface area (Å²) in [6.07, 6.45) is 2.21. The SMILES string of the molecule is O=C1c2ccccc2C(=O)c2cc(NCN3CCCNCCNCCCNCC3)ccc21. The van der Waals surface area contributed by atoms with Crippen molar-refractivity contribution in [1.29, 1.82) is 0 Å². The number of nitrogens with zero attached hydrogens (tertiary/aromatic N) is 1. The van der Waals surface area contributed by atoms with Gasteiger partial charge in [-0.05, 0) is 50.7 Å². The Labute approximate surface area is 190 Å². The first-order valence-electron chi connectivity index (χ1n) is 11.6. The van der Waals surface area contributed by atoms with E-state index in [1.54, 1.807) is 30.3 Å². The third-order valence-electron chi connectivity index (χ3n) is 6.05. The maximum atomic E-state index is 13.0. The molecule has 0 saturated carbocycles. The Morgan fingerprint density at radius 1 is 0.688 bits per heavy atom. The highest BCUT2D eigenvalue weighted by Gasteiger charge is 2.29. The van der Waals surface area contributed by atoms with Crippen molar-refractivity contribution in [1.82, 2.24) is 20.9 Å². The number of ketones is 2. The van der Waals surface area contributed by atoms with Gasteiger partial charge in [-0.15, -0.1) is 0 Å². The third kappa shape index (κ3) is 5.61. The number of anilines is 1. The van der Waals surface area contributed by atoms with Crippen LogP contribution in [-0.4, -0.2) is 75.5 Å². The number of fused-ring (bicyclic) bond motifs is 2. The van der Waals surface area contributed by atoms with Crippen LogP contribution in [0.5, 0.6) is 0 Å². The molecule has 0 amide bonds. The van der Waals surface area contributed by atoms with Crippen molar-refractivity contribution >= 4 is 17.3 Å². The molecule has 2 aromatic carbocycles. The van der Waals surface area contributed by atoms with Gasteiger partial charge in [-0.1, -0.05) is 24.3 Å². The van der Waals surface area contributed by atoms with Crippen molar-refractivity contribution in [2.24, 2.45) is 0 Å². The standard InChI is InChI=1S/C25H33N5O2/c31-24-20-5-1-2-6-21(20)25(32)23-17-19(7-8-22(23)24)29-18-30-15-4-11-27-13-12-26-9-3-10-28-14-16-30/h1-2,5-8,17,26-29H,3-4,9-16,18H2. The molecule has 1 aliphatic carbocycles. The van der Waals surface area contributed by atoms with E-state index in [-0.39, 0.29) is 11.6 Å². The molecule has 7 heteroatoms. The van der Waals surface area contributed by atoms with E-state index in [4.69, 9.17) is 0 Å². The zero-order valence-electron chi connectivity index (χ0n) is 18.6. The lowest BCUT2D eigenvalue weighted by Gasteiger charge is -2.24. The predicted molar refractivity (Wildman–Crippen MR) is 128 cm³/mol. The minimum absolute atomic E-state index is 0.0784. The maximum absolute atomic E-state index is 13.0. The first-order chi connectivity index (χ1) is 15.7. The summed E-state index contributed by atoms with van der Waals surface area (Å²) in [5, 5.41) is 13.9. The van der Waals surface area contributed by atoms with E-state index in [0.29, 0.717) is 28.9 Å². The summed E-state index contributed by atoms with van der Waals surface area (Å²) in [6, 6.07) is 12.6. The van der Waals surface area contributed by atoms with Crippen LogP contribution in [0, 0.1) is 0 Å². The Bertz CT molecular complexity index is 932. The molecule has 1 fully saturated rings. The average molecular weight is 436 g/mol. The Morgan fingerprint density at radius 3 is 2.06 bits per heavy atom. The molecule has 0 radical (unpaired) electrons. The fraction of sp³-hybridized carbons (Fsp3) is 0.440. The fourth-order valence-electron chi connectivity index (χ4n) is 4.24. The van der Waals surface area contributed by atoms with Crippen LogP contribution in [0.4, 0.5) is 5.69 Å². The molecular weight excluding hydrogens is 402 g/mol. The first kappa shape index (κ1) is 22.6. The van der Waals surface area contributed by atoms with E-state index in [1.807, 2.05) is 12.1 Å². The number of carbonyl (C=O) groups excluding carboxylic acids is 2. The molecule has 4 N–H and O–H groups in total. The summed E-state index contributed by atoms with van der Waals surface area (Å²) in [6.45, 7) is 8.66. The highest BCUT2D eigenvalue weighted by molar-refractivity contribution is 6.28. The van der Waals surface area contributed by atoms with E-state index in [0.717, 1.165) is 70.9 Å². The van der Waals surface area contributed by atoms with Gasteiger partial charge in [0, 0.05) is 60.7 Å². The second-order valence-electron chi connectivity index (χ2n) is 8.37. The Balaban J connectivity index is 1.39. The van der Waals surface area contributed by atoms with Crippen LogP contribution in [0.15, 0.2) is 42.5 Å². The van der Waals surface area contributed by atoms with Crippen molar-refractivity contribution in [3.05, 3.63) is 64.7 Å². The third-order valence-corrected chi connectivity index (χ3v) is 6.05. The van der Waals surface area contributed by atoms with Gasteiger partial charge in [0.05, 0.1) is 6.67 Å². The van der Waals surface area contributed by atoms with Crippen LogP contribution in [0.3, 0.4) is 0 Å². The Kier molecular flexibility index (Phi) is 8.01. The second kappa shape index (κ2) is 11.3. The maximum Gasteiger partial charge on any atom is 0.194 e. The summed E-state index contributed by atoms with van der Waals surface area (Å²) in [7, 11) is 0. The summed E-state index contributed by atoms with van der Waals surface area (Å²) in [5.41, 5.74) is 2.82. The molecule has 1 saturated heterocycles. The van der Waals surface area contributed by atoms with Crippen molar-refractivity contribution in [3.63, 3.8) is 0 Å². The second-order valence-corrected chi connectivity index (χ2v) is 8.37. The van der Waals surface area contributed by atoms with Gasteiger partial charge in [-0.25, -0.2) is 0 Å². The Hall–Kier alpha value is -2.58. The molecule has 170 valence electrons. The lowest BCUT2D eigenvalue weighted by molar-refractivity contribution is 0.0979. The van der Waals surface area contributed by atoms with E-state index >= 15 is 0 Å². The lowest BCUT2D eigenvalue weighted by atomic mass is 9.84. The zero-order valence-corrected chi connectivity index (χ0v) is 18.6. The molecule has 7 nitrogen and oxygen atoms in total. The number of hydrogen-bond donors (Lipinski definition) is 4. The number of carbonyl (C=O) groups is 2. The molecule has 2 aromatic rings. The van der Waals surface area contributed by atoms with Crippen LogP contribution in [0.2, 0.25) is 0 Å². The first-order valence-corrected chi connectivity index (χ1v) is 11.6. The molecule has 4 rings (SSSR count). The molecule has 0 unspecified atom stereocenters. The number of rotatable bonds is 3. The van der Waals surface area contributed by atoms with Gasteiger partial charge in [-0.3, -0.25) is 14.5 Å². The zero-order chi connectivity index (χ0) is 22.2. The molecule has 2 aliphatic rings. The lowest BCUT2D eigenvalue weighted by Crippen LogP contribution is -2.39. The molecule has 32 heavy (non-hydrogen) atoms. The van der Waals surface area contributed by atoms with Crippen LogP contribution >= 0.6 is 0 Å². The highest BCUT2D eigenvalue weighted by Crippen LogP contribution is 2.29. The molecule has 0 aromatic heterocycles. The summed E-state index contributed by atoms with van der Waals surface area (Å²) < 4.78 is 0. The van der Waals surface area contributed by atoms with Crippen molar-refractivity contribution in [2.45, 2.75) is 12.8 Å². The monoisotopic (exact) mass is 435 g/mol. The summed E-state index contributed by atoms with van der Waals surface area (Å²) >= 11 is 0. The largest absolute Gasteiger partial charge is 0.372 e. The quantitative estimate of drug-likeness (QED) is 0.498. The molecular formula is C25H33N5O2. The van der Waals surface area contributed by atoms with E-state index in [9.17, 15) is 9.59 Å². The van der Waals surface area contributed by atoms with E-state index in [1.165, 1.54) is 0 Å². The van der Waals surface area contributed by atoms with E-state index in [2.05, 4.69) is 26.2 Å². The average Bonchev–Trinajstić information content (AvgIpc) is 2.83. The van der Waals surface area contributed by atoms with Crippen LogP contribution < -0.4 is 21.3 Å². The van der Waals surface area contributed by atoms with Gasteiger partial charge < -0.3 is 21.3 Å². The predicted octanol–water partition coefficient (Wildman–Crippen LogP) is 1.70. The van der Waals surface area contributed by atoms with Crippen LogP contribution in [0.25, 0.3) is 0 Å². The summed E-state index contributed by atoms with van der Waals surface area (Å²) in [4.78, 5) is 28.2. The molecule has 1 aliphatic heterocycles. The molecule has 0 spiro atoms. The van der Waals surface area contributed by atoms with Crippen LogP contribution in [0.1, 0.15) is 44.7 Å². The number of benzene rings is 2. The topological polar surface area (TPSA) is 85.5 Å². The van der Waals surface area contributed by atoms with Crippen molar-refractivity contribution in [3.8, 4) is 0 Å². The molecule has 0 bridgehead atoms. The fourth-order valence-corrected chi connectivity index (χ4v) is 4.24. The molecule has 1 heterocycles. The van der Waals surface area contributed by atoms with Gasteiger partial charge in [0.2, 0.25) is 0 Å². The van der Waals surface area contributed by atoms with Crippen molar-refractivity contribution in [2.75, 3.05) is 64.3 Å². The van der Waals surface area contributed by atoms with Crippen LogP contribution in [-0.2, 0) is 0 Å². The van der Waals surface area contributed by atoms with Gasteiger partial charge in [0.25, 0.3) is 0 Å². The summed E-state index contributed by atoms with van der Waals surface area (Å²) in [5.74, 6) is -0.160. The smallest absolute Gasteiger partial charge is 0.194 e. The minimum atomic E-state index is -0.0816.